The summed E-state index contributed by atoms with van der Waals surface area (Å²) < 4.78 is 0.899. The van der Waals surface area contributed by atoms with Crippen LogP contribution in [-0.2, 0) is 6.54 Å². The van der Waals surface area contributed by atoms with Crippen LogP contribution < -0.4 is 5.32 Å². The molecule has 0 aliphatic rings. The summed E-state index contributed by atoms with van der Waals surface area (Å²) >= 11 is 3.34. The highest BCUT2D eigenvalue weighted by molar-refractivity contribution is 9.10. The van der Waals surface area contributed by atoms with Gasteiger partial charge in [0.25, 0.3) is 0 Å². The van der Waals surface area contributed by atoms with E-state index in [4.69, 9.17) is 0 Å². The molecule has 0 unspecified atom stereocenters. The zero-order chi connectivity index (χ0) is 9.68. The molecule has 0 radical (unpaired) electrons. The van der Waals surface area contributed by atoms with E-state index in [-0.39, 0.29) is 0 Å². The van der Waals surface area contributed by atoms with E-state index < -0.39 is 0 Å². The van der Waals surface area contributed by atoms with Crippen molar-refractivity contribution in [2.75, 3.05) is 6.54 Å². The van der Waals surface area contributed by atoms with Crippen molar-refractivity contribution >= 4 is 15.9 Å². The van der Waals surface area contributed by atoms with Crippen LogP contribution in [0.1, 0.15) is 19.4 Å². The highest BCUT2D eigenvalue weighted by Gasteiger charge is 1.95. The Morgan fingerprint density at radius 2 is 2.31 bits per heavy atom. The van der Waals surface area contributed by atoms with E-state index in [0.717, 1.165) is 17.7 Å². The van der Waals surface area contributed by atoms with Gasteiger partial charge in [0, 0.05) is 12.7 Å². The molecular formula is C10H15BrN2. The minimum atomic E-state index is 0.699. The second-order valence-electron chi connectivity index (χ2n) is 3.51. The maximum absolute atomic E-state index is 4.07. The van der Waals surface area contributed by atoms with Gasteiger partial charge < -0.3 is 5.32 Å². The van der Waals surface area contributed by atoms with Gasteiger partial charge in [0.1, 0.15) is 4.60 Å². The summed E-state index contributed by atoms with van der Waals surface area (Å²) in [6.07, 6.45) is 1.82. The van der Waals surface area contributed by atoms with Crippen molar-refractivity contribution in [1.82, 2.24) is 10.3 Å². The van der Waals surface area contributed by atoms with Crippen molar-refractivity contribution in [3.8, 4) is 0 Å². The second kappa shape index (κ2) is 5.35. The van der Waals surface area contributed by atoms with Gasteiger partial charge in [-0.05, 0) is 46.1 Å². The minimum absolute atomic E-state index is 0.699. The van der Waals surface area contributed by atoms with Crippen molar-refractivity contribution in [2.45, 2.75) is 20.4 Å². The monoisotopic (exact) mass is 242 g/mol. The summed E-state index contributed by atoms with van der Waals surface area (Å²) in [7, 11) is 0. The highest BCUT2D eigenvalue weighted by atomic mass is 79.9. The summed E-state index contributed by atoms with van der Waals surface area (Å²) in [5, 5.41) is 3.38. The molecule has 1 N–H and O–H groups in total. The third-order valence-electron chi connectivity index (χ3n) is 1.67. The molecular weight excluding hydrogens is 228 g/mol. The predicted octanol–water partition coefficient (Wildman–Crippen LogP) is 2.59. The molecule has 0 saturated heterocycles. The van der Waals surface area contributed by atoms with E-state index >= 15 is 0 Å². The number of hydrogen-bond acceptors (Lipinski definition) is 2. The number of aromatic nitrogens is 1. The van der Waals surface area contributed by atoms with Crippen molar-refractivity contribution in [2.24, 2.45) is 5.92 Å². The van der Waals surface area contributed by atoms with Gasteiger partial charge in [-0.1, -0.05) is 13.8 Å². The molecule has 1 aromatic rings. The molecule has 72 valence electrons. The maximum atomic E-state index is 4.07. The van der Waals surface area contributed by atoms with Gasteiger partial charge in [0.05, 0.1) is 0 Å². The first-order chi connectivity index (χ1) is 6.18. The molecule has 0 fully saturated rings. The summed E-state index contributed by atoms with van der Waals surface area (Å²) in [6, 6.07) is 4.06. The Bertz CT molecular complexity index is 261. The molecule has 1 aromatic heterocycles. The smallest absolute Gasteiger partial charge is 0.106 e. The SMILES string of the molecule is CC(C)CNCc1ccnc(Br)c1. The number of halogens is 1. The average Bonchev–Trinajstić information content (AvgIpc) is 2.03. The van der Waals surface area contributed by atoms with Crippen molar-refractivity contribution in [3.63, 3.8) is 0 Å². The molecule has 1 heterocycles. The lowest BCUT2D eigenvalue weighted by Crippen LogP contribution is -2.18. The first-order valence-electron chi connectivity index (χ1n) is 4.49. The molecule has 0 saturated carbocycles. The Morgan fingerprint density at radius 1 is 1.54 bits per heavy atom. The van der Waals surface area contributed by atoms with Gasteiger partial charge in [0.2, 0.25) is 0 Å². The molecule has 13 heavy (non-hydrogen) atoms. The van der Waals surface area contributed by atoms with E-state index in [1.165, 1.54) is 5.56 Å². The van der Waals surface area contributed by atoms with Crippen LogP contribution in [0.2, 0.25) is 0 Å². The second-order valence-corrected chi connectivity index (χ2v) is 4.32. The fourth-order valence-electron chi connectivity index (χ4n) is 1.06. The lowest BCUT2D eigenvalue weighted by Gasteiger charge is -2.07. The summed E-state index contributed by atoms with van der Waals surface area (Å²) in [6.45, 7) is 6.38. The third-order valence-corrected chi connectivity index (χ3v) is 2.11. The molecule has 0 atom stereocenters. The summed E-state index contributed by atoms with van der Waals surface area (Å²) in [5.41, 5.74) is 1.27. The standard InChI is InChI=1S/C10H15BrN2/c1-8(2)6-12-7-9-3-4-13-10(11)5-9/h3-5,8,12H,6-7H2,1-2H3. The zero-order valence-corrected chi connectivity index (χ0v) is 9.63. The van der Waals surface area contributed by atoms with Crippen molar-refractivity contribution < 1.29 is 0 Å². The number of nitrogens with zero attached hydrogens (tertiary/aromatic N) is 1. The Balaban J connectivity index is 2.37. The maximum Gasteiger partial charge on any atom is 0.106 e. The first-order valence-corrected chi connectivity index (χ1v) is 5.29. The normalized spacial score (nSPS) is 10.8. The predicted molar refractivity (Wildman–Crippen MR) is 58.5 cm³/mol. The molecule has 0 aliphatic heterocycles. The molecule has 0 aliphatic carbocycles. The molecule has 0 bridgehead atoms. The van der Waals surface area contributed by atoms with Crippen LogP contribution in [0.25, 0.3) is 0 Å². The topological polar surface area (TPSA) is 24.9 Å². The molecule has 0 spiro atoms. The number of pyridine rings is 1. The van der Waals surface area contributed by atoms with Gasteiger partial charge in [-0.25, -0.2) is 4.98 Å². The molecule has 2 nitrogen and oxygen atoms in total. The lowest BCUT2D eigenvalue weighted by atomic mass is 10.2. The molecule has 0 aromatic carbocycles. The van der Waals surface area contributed by atoms with Crippen molar-refractivity contribution in [1.29, 1.82) is 0 Å². The first kappa shape index (κ1) is 10.7. The highest BCUT2D eigenvalue weighted by Crippen LogP contribution is 2.07. The number of rotatable bonds is 4. The lowest BCUT2D eigenvalue weighted by molar-refractivity contribution is 0.552. The van der Waals surface area contributed by atoms with Gasteiger partial charge in [-0.15, -0.1) is 0 Å². The van der Waals surface area contributed by atoms with Crippen LogP contribution in [-0.4, -0.2) is 11.5 Å². The van der Waals surface area contributed by atoms with Crippen LogP contribution >= 0.6 is 15.9 Å². The molecule has 0 amide bonds. The quantitative estimate of drug-likeness (QED) is 0.822. The van der Waals surface area contributed by atoms with E-state index in [9.17, 15) is 0 Å². The van der Waals surface area contributed by atoms with Crippen LogP contribution in [0.15, 0.2) is 22.9 Å². The summed E-state index contributed by atoms with van der Waals surface area (Å²) in [5.74, 6) is 0.699. The largest absolute Gasteiger partial charge is 0.312 e. The fourth-order valence-corrected chi connectivity index (χ4v) is 1.47. The van der Waals surface area contributed by atoms with Gasteiger partial charge >= 0.3 is 0 Å². The van der Waals surface area contributed by atoms with Gasteiger partial charge in [-0.3, -0.25) is 0 Å². The number of hydrogen-bond donors (Lipinski definition) is 1. The summed E-state index contributed by atoms with van der Waals surface area (Å²) in [4.78, 5) is 4.07. The molecule has 1 rings (SSSR count). The number of nitrogens with one attached hydrogen (secondary N) is 1. The van der Waals surface area contributed by atoms with Crippen LogP contribution in [0.3, 0.4) is 0 Å². The Labute approximate surface area is 87.9 Å². The Hall–Kier alpha value is -0.410. The van der Waals surface area contributed by atoms with Crippen molar-refractivity contribution in [3.05, 3.63) is 28.5 Å². The van der Waals surface area contributed by atoms with E-state index in [2.05, 4.69) is 40.1 Å². The van der Waals surface area contributed by atoms with Crippen LogP contribution in [0.5, 0.6) is 0 Å². The van der Waals surface area contributed by atoms with E-state index in [0.29, 0.717) is 5.92 Å². The average molecular weight is 243 g/mol. The Morgan fingerprint density at radius 3 is 2.92 bits per heavy atom. The molecule has 3 heteroatoms. The van der Waals surface area contributed by atoms with Gasteiger partial charge in [-0.2, -0.15) is 0 Å². The van der Waals surface area contributed by atoms with Crippen LogP contribution in [0.4, 0.5) is 0 Å². The van der Waals surface area contributed by atoms with Crippen LogP contribution in [0, 0.1) is 5.92 Å². The minimum Gasteiger partial charge on any atom is -0.312 e. The van der Waals surface area contributed by atoms with Gasteiger partial charge in [0.15, 0.2) is 0 Å². The van der Waals surface area contributed by atoms with E-state index in [1.807, 2.05) is 18.3 Å². The fraction of sp³-hybridized carbons (Fsp3) is 0.500. The van der Waals surface area contributed by atoms with E-state index in [1.54, 1.807) is 0 Å². The Kier molecular flexibility index (Phi) is 4.39. The third kappa shape index (κ3) is 4.39. The zero-order valence-electron chi connectivity index (χ0n) is 8.05.